The molecule has 110 valence electrons. The van der Waals surface area contributed by atoms with Gasteiger partial charge in [0, 0.05) is 4.47 Å². The molecule has 1 aromatic carbocycles. The summed E-state index contributed by atoms with van der Waals surface area (Å²) >= 11 is 3.43. The van der Waals surface area contributed by atoms with Crippen LogP contribution >= 0.6 is 15.9 Å². The largest absolute Gasteiger partial charge is 0.346 e. The van der Waals surface area contributed by atoms with Gasteiger partial charge in [-0.2, -0.15) is 0 Å². The highest BCUT2D eigenvalue weighted by atomic mass is 79.9. The lowest BCUT2D eigenvalue weighted by Crippen LogP contribution is -2.53. The van der Waals surface area contributed by atoms with Gasteiger partial charge >= 0.3 is 0 Å². The number of nitrogens with one attached hydrogen (secondary N) is 2. The predicted molar refractivity (Wildman–Crippen MR) is 85.5 cm³/mol. The molecule has 0 saturated carbocycles. The summed E-state index contributed by atoms with van der Waals surface area (Å²) in [6.07, 6.45) is 2.07. The number of rotatable bonds is 3. The van der Waals surface area contributed by atoms with Gasteiger partial charge in [0.2, 0.25) is 5.91 Å². The van der Waals surface area contributed by atoms with Gasteiger partial charge in [-0.25, -0.2) is 0 Å². The zero-order valence-electron chi connectivity index (χ0n) is 12.4. The van der Waals surface area contributed by atoms with E-state index >= 15 is 0 Å². The summed E-state index contributed by atoms with van der Waals surface area (Å²) in [7, 11) is 0. The van der Waals surface area contributed by atoms with E-state index in [-0.39, 0.29) is 17.5 Å². The highest BCUT2D eigenvalue weighted by molar-refractivity contribution is 9.10. The van der Waals surface area contributed by atoms with E-state index in [2.05, 4.69) is 33.5 Å². The Morgan fingerprint density at radius 2 is 2.00 bits per heavy atom. The van der Waals surface area contributed by atoms with Crippen molar-refractivity contribution in [3.8, 4) is 0 Å². The molecular formula is C16H23BrN2O. The molecule has 3 nitrogen and oxygen atoms in total. The summed E-state index contributed by atoms with van der Waals surface area (Å²) < 4.78 is 1.05. The molecule has 1 amide bonds. The van der Waals surface area contributed by atoms with E-state index in [4.69, 9.17) is 0 Å². The van der Waals surface area contributed by atoms with E-state index in [0.29, 0.717) is 5.92 Å². The molecule has 20 heavy (non-hydrogen) atoms. The zero-order valence-corrected chi connectivity index (χ0v) is 14.0. The lowest BCUT2D eigenvalue weighted by atomic mass is 9.91. The van der Waals surface area contributed by atoms with Gasteiger partial charge in [0.05, 0.1) is 11.6 Å². The third kappa shape index (κ3) is 3.83. The second-order valence-electron chi connectivity index (χ2n) is 6.26. The van der Waals surface area contributed by atoms with Gasteiger partial charge in [0.1, 0.15) is 0 Å². The number of carbonyl (C=O) groups excluding carboxylic acids is 1. The SMILES string of the molecule is CC1CCNC(C(=O)NC(C)(C)c2ccc(Br)cc2)C1. The quantitative estimate of drug-likeness (QED) is 0.888. The van der Waals surface area contributed by atoms with Gasteiger partial charge in [0.15, 0.2) is 0 Å². The Balaban J connectivity index is 2.03. The Kier molecular flexibility index (Phi) is 4.86. The third-order valence-corrected chi connectivity index (χ3v) is 4.51. The van der Waals surface area contributed by atoms with Gasteiger partial charge in [-0.15, -0.1) is 0 Å². The summed E-state index contributed by atoms with van der Waals surface area (Å²) in [4.78, 5) is 12.4. The maximum absolute atomic E-state index is 12.4. The molecule has 1 aliphatic heterocycles. The minimum absolute atomic E-state index is 0.0616. The molecule has 0 spiro atoms. The van der Waals surface area contributed by atoms with E-state index in [1.807, 2.05) is 38.1 Å². The molecule has 0 aliphatic carbocycles. The fraction of sp³-hybridized carbons (Fsp3) is 0.562. The number of benzene rings is 1. The molecule has 0 radical (unpaired) electrons. The minimum atomic E-state index is -0.361. The average Bonchev–Trinajstić information content (AvgIpc) is 2.38. The lowest BCUT2D eigenvalue weighted by molar-refractivity contribution is -0.125. The van der Waals surface area contributed by atoms with E-state index in [0.717, 1.165) is 29.4 Å². The van der Waals surface area contributed by atoms with Crippen LogP contribution in [0.3, 0.4) is 0 Å². The van der Waals surface area contributed by atoms with Crippen molar-refractivity contribution in [1.82, 2.24) is 10.6 Å². The van der Waals surface area contributed by atoms with Crippen LogP contribution in [0.15, 0.2) is 28.7 Å². The molecule has 1 aromatic rings. The van der Waals surface area contributed by atoms with Gasteiger partial charge in [-0.05, 0) is 56.8 Å². The summed E-state index contributed by atoms with van der Waals surface area (Å²) in [6.45, 7) is 7.22. The maximum atomic E-state index is 12.4. The Morgan fingerprint density at radius 1 is 1.35 bits per heavy atom. The van der Waals surface area contributed by atoms with Crippen molar-refractivity contribution in [2.45, 2.75) is 45.2 Å². The first-order valence-electron chi connectivity index (χ1n) is 7.20. The van der Waals surface area contributed by atoms with Crippen molar-refractivity contribution >= 4 is 21.8 Å². The summed E-state index contributed by atoms with van der Waals surface area (Å²) in [5, 5.41) is 6.48. The zero-order chi connectivity index (χ0) is 14.8. The molecule has 0 bridgehead atoms. The van der Waals surface area contributed by atoms with Gasteiger partial charge < -0.3 is 10.6 Å². The number of hydrogen-bond donors (Lipinski definition) is 2. The molecule has 2 unspecified atom stereocenters. The molecule has 1 saturated heterocycles. The van der Waals surface area contributed by atoms with Crippen LogP contribution in [-0.4, -0.2) is 18.5 Å². The monoisotopic (exact) mass is 338 g/mol. The third-order valence-electron chi connectivity index (χ3n) is 3.98. The van der Waals surface area contributed by atoms with Crippen molar-refractivity contribution < 1.29 is 4.79 Å². The van der Waals surface area contributed by atoms with E-state index < -0.39 is 0 Å². The smallest absolute Gasteiger partial charge is 0.237 e. The van der Waals surface area contributed by atoms with Crippen molar-refractivity contribution in [1.29, 1.82) is 0 Å². The second kappa shape index (κ2) is 6.27. The van der Waals surface area contributed by atoms with E-state index in [1.165, 1.54) is 0 Å². The first-order chi connectivity index (χ1) is 9.38. The number of halogens is 1. The normalized spacial score (nSPS) is 23.4. The fourth-order valence-electron chi connectivity index (χ4n) is 2.64. The molecule has 0 aromatic heterocycles. The van der Waals surface area contributed by atoms with Crippen molar-refractivity contribution in [3.63, 3.8) is 0 Å². The first kappa shape index (κ1) is 15.5. The predicted octanol–water partition coefficient (Wildman–Crippen LogP) is 3.19. The molecule has 2 atom stereocenters. The van der Waals surface area contributed by atoms with Crippen LogP contribution in [0.1, 0.15) is 39.2 Å². The Hall–Kier alpha value is -0.870. The molecule has 4 heteroatoms. The topological polar surface area (TPSA) is 41.1 Å². The van der Waals surface area contributed by atoms with Crippen LogP contribution in [0.5, 0.6) is 0 Å². The molecular weight excluding hydrogens is 316 g/mol. The molecule has 1 fully saturated rings. The fourth-order valence-corrected chi connectivity index (χ4v) is 2.91. The van der Waals surface area contributed by atoms with Crippen LogP contribution in [0, 0.1) is 5.92 Å². The van der Waals surface area contributed by atoms with Crippen molar-refractivity contribution in [2.75, 3.05) is 6.54 Å². The Morgan fingerprint density at radius 3 is 2.60 bits per heavy atom. The highest BCUT2D eigenvalue weighted by Gasteiger charge is 2.29. The number of carbonyl (C=O) groups is 1. The van der Waals surface area contributed by atoms with Crippen LogP contribution in [-0.2, 0) is 10.3 Å². The van der Waals surface area contributed by atoms with Crippen LogP contribution in [0.4, 0.5) is 0 Å². The summed E-state index contributed by atoms with van der Waals surface area (Å²) in [5.74, 6) is 0.715. The van der Waals surface area contributed by atoms with Crippen LogP contribution in [0.2, 0.25) is 0 Å². The Bertz CT molecular complexity index is 470. The number of piperidine rings is 1. The first-order valence-corrected chi connectivity index (χ1v) is 7.99. The van der Waals surface area contributed by atoms with Gasteiger partial charge in [-0.3, -0.25) is 4.79 Å². The molecule has 2 N–H and O–H groups in total. The van der Waals surface area contributed by atoms with Crippen molar-refractivity contribution in [2.24, 2.45) is 5.92 Å². The van der Waals surface area contributed by atoms with Gasteiger partial charge in [-0.1, -0.05) is 35.0 Å². The Labute approximate surface area is 129 Å². The van der Waals surface area contributed by atoms with Crippen LogP contribution < -0.4 is 10.6 Å². The highest BCUT2D eigenvalue weighted by Crippen LogP contribution is 2.23. The number of amides is 1. The second-order valence-corrected chi connectivity index (χ2v) is 7.17. The van der Waals surface area contributed by atoms with Crippen molar-refractivity contribution in [3.05, 3.63) is 34.3 Å². The summed E-state index contributed by atoms with van der Waals surface area (Å²) in [6, 6.07) is 8.03. The lowest BCUT2D eigenvalue weighted by Gasteiger charge is -2.32. The molecule has 2 rings (SSSR count). The molecule has 1 aliphatic rings. The minimum Gasteiger partial charge on any atom is -0.346 e. The standard InChI is InChI=1S/C16H23BrN2O/c1-11-8-9-18-14(10-11)15(20)19-16(2,3)12-4-6-13(17)7-5-12/h4-7,11,14,18H,8-10H2,1-3H3,(H,19,20). The summed E-state index contributed by atoms with van der Waals surface area (Å²) in [5.41, 5.74) is 0.748. The number of hydrogen-bond acceptors (Lipinski definition) is 2. The van der Waals surface area contributed by atoms with E-state index in [9.17, 15) is 4.79 Å². The van der Waals surface area contributed by atoms with Crippen LogP contribution in [0.25, 0.3) is 0 Å². The van der Waals surface area contributed by atoms with Gasteiger partial charge in [0.25, 0.3) is 0 Å². The van der Waals surface area contributed by atoms with E-state index in [1.54, 1.807) is 0 Å². The molecule has 1 heterocycles. The maximum Gasteiger partial charge on any atom is 0.237 e. The average molecular weight is 339 g/mol.